The van der Waals surface area contributed by atoms with Gasteiger partial charge in [0.2, 0.25) is 0 Å². The Bertz CT molecular complexity index is 128. The van der Waals surface area contributed by atoms with Crippen molar-refractivity contribution in [3.05, 3.63) is 0 Å². The molecule has 0 aromatic rings. The lowest BCUT2D eigenvalue weighted by Gasteiger charge is -2.21. The summed E-state index contributed by atoms with van der Waals surface area (Å²) >= 11 is 0. The van der Waals surface area contributed by atoms with Gasteiger partial charge >= 0.3 is 6.09 Å². The summed E-state index contributed by atoms with van der Waals surface area (Å²) in [7, 11) is 1.41. The van der Waals surface area contributed by atoms with Crippen LogP contribution >= 0.6 is 0 Å². The second-order valence-electron chi connectivity index (χ2n) is 2.09. The van der Waals surface area contributed by atoms with E-state index in [9.17, 15) is 4.79 Å². The van der Waals surface area contributed by atoms with Gasteiger partial charge in [-0.3, -0.25) is 4.90 Å². The Morgan fingerprint density at radius 2 is 2.27 bits per heavy atom. The molecule has 0 heterocycles. The van der Waals surface area contributed by atoms with Gasteiger partial charge in [0.25, 0.3) is 0 Å². The standard InChI is InChI=1S/C6H13NO4/c1-5(11-4-3-8)7(2)6(9)10/h5,8H,3-4H2,1-2H3,(H,9,10). The molecule has 0 radical (unpaired) electrons. The summed E-state index contributed by atoms with van der Waals surface area (Å²) in [5.74, 6) is 0. The van der Waals surface area contributed by atoms with Crippen LogP contribution in [0.25, 0.3) is 0 Å². The van der Waals surface area contributed by atoms with Crippen LogP contribution in [-0.2, 0) is 4.74 Å². The van der Waals surface area contributed by atoms with Crippen LogP contribution in [0.1, 0.15) is 6.92 Å². The van der Waals surface area contributed by atoms with Gasteiger partial charge in [0.15, 0.2) is 0 Å². The fraction of sp³-hybridized carbons (Fsp3) is 0.833. The molecule has 2 N–H and O–H groups in total. The van der Waals surface area contributed by atoms with Crippen molar-refractivity contribution in [3.63, 3.8) is 0 Å². The van der Waals surface area contributed by atoms with Crippen LogP contribution in [0.3, 0.4) is 0 Å². The van der Waals surface area contributed by atoms with E-state index in [0.29, 0.717) is 0 Å². The van der Waals surface area contributed by atoms with Crippen molar-refractivity contribution < 1.29 is 19.7 Å². The molecule has 0 aliphatic heterocycles. The number of carboxylic acid groups (broad SMARTS) is 1. The maximum atomic E-state index is 10.3. The molecule has 0 rings (SSSR count). The minimum Gasteiger partial charge on any atom is -0.465 e. The van der Waals surface area contributed by atoms with Crippen LogP contribution in [0.15, 0.2) is 0 Å². The largest absolute Gasteiger partial charge is 0.465 e. The average molecular weight is 163 g/mol. The molecule has 0 bridgehead atoms. The van der Waals surface area contributed by atoms with Crippen molar-refractivity contribution in [1.29, 1.82) is 0 Å². The van der Waals surface area contributed by atoms with Crippen molar-refractivity contribution >= 4 is 6.09 Å². The first kappa shape index (κ1) is 10.2. The Labute approximate surface area is 65.2 Å². The van der Waals surface area contributed by atoms with E-state index in [0.717, 1.165) is 4.90 Å². The molecule has 5 heteroatoms. The highest BCUT2D eigenvalue weighted by molar-refractivity contribution is 5.64. The Hall–Kier alpha value is -0.810. The number of hydrogen-bond donors (Lipinski definition) is 2. The monoisotopic (exact) mass is 163 g/mol. The molecule has 11 heavy (non-hydrogen) atoms. The van der Waals surface area contributed by atoms with Gasteiger partial charge in [0.1, 0.15) is 6.23 Å². The Morgan fingerprint density at radius 3 is 2.64 bits per heavy atom. The molecule has 0 saturated heterocycles. The molecule has 0 aromatic heterocycles. The highest BCUT2D eigenvalue weighted by Gasteiger charge is 2.13. The third-order valence-electron chi connectivity index (χ3n) is 1.30. The molecular weight excluding hydrogens is 150 g/mol. The van der Waals surface area contributed by atoms with Gasteiger partial charge in [-0.05, 0) is 6.92 Å². The summed E-state index contributed by atoms with van der Waals surface area (Å²) in [4.78, 5) is 11.3. The molecule has 0 aliphatic carbocycles. The first-order valence-corrected chi connectivity index (χ1v) is 3.27. The average Bonchev–Trinajstić information content (AvgIpc) is 1.98. The summed E-state index contributed by atoms with van der Waals surface area (Å²) in [5.41, 5.74) is 0. The lowest BCUT2D eigenvalue weighted by molar-refractivity contribution is -0.0370. The smallest absolute Gasteiger partial charge is 0.409 e. The van der Waals surface area contributed by atoms with E-state index in [1.54, 1.807) is 6.92 Å². The van der Waals surface area contributed by atoms with Crippen LogP contribution in [0, 0.1) is 0 Å². The first-order chi connectivity index (χ1) is 5.09. The molecule has 0 fully saturated rings. The summed E-state index contributed by atoms with van der Waals surface area (Å²) in [6.07, 6.45) is -1.56. The fourth-order valence-corrected chi connectivity index (χ4v) is 0.491. The van der Waals surface area contributed by atoms with Crippen molar-refractivity contribution in [2.24, 2.45) is 0 Å². The van der Waals surface area contributed by atoms with E-state index in [2.05, 4.69) is 0 Å². The molecule has 0 aromatic carbocycles. The molecular formula is C6H13NO4. The Kier molecular flexibility index (Phi) is 4.56. The van der Waals surface area contributed by atoms with E-state index >= 15 is 0 Å². The second kappa shape index (κ2) is 4.92. The van der Waals surface area contributed by atoms with Crippen molar-refractivity contribution in [3.8, 4) is 0 Å². The van der Waals surface area contributed by atoms with Crippen LogP contribution in [0.5, 0.6) is 0 Å². The highest BCUT2D eigenvalue weighted by atomic mass is 16.5. The zero-order valence-electron chi connectivity index (χ0n) is 6.65. The zero-order chi connectivity index (χ0) is 8.85. The number of amides is 1. The molecule has 66 valence electrons. The number of ether oxygens (including phenoxy) is 1. The topological polar surface area (TPSA) is 70.0 Å². The van der Waals surface area contributed by atoms with Crippen LogP contribution in [-0.4, -0.2) is 47.7 Å². The number of carbonyl (C=O) groups is 1. The van der Waals surface area contributed by atoms with Gasteiger partial charge in [-0.1, -0.05) is 0 Å². The van der Waals surface area contributed by atoms with Gasteiger partial charge in [0.05, 0.1) is 13.2 Å². The third kappa shape index (κ3) is 3.79. The van der Waals surface area contributed by atoms with Crippen LogP contribution < -0.4 is 0 Å². The van der Waals surface area contributed by atoms with Gasteiger partial charge < -0.3 is 14.9 Å². The lowest BCUT2D eigenvalue weighted by Crippen LogP contribution is -2.36. The van der Waals surface area contributed by atoms with Crippen molar-refractivity contribution in [2.45, 2.75) is 13.2 Å². The van der Waals surface area contributed by atoms with Crippen LogP contribution in [0.2, 0.25) is 0 Å². The maximum Gasteiger partial charge on any atom is 0.409 e. The molecule has 1 unspecified atom stereocenters. The first-order valence-electron chi connectivity index (χ1n) is 3.27. The quantitative estimate of drug-likeness (QED) is 0.570. The van der Waals surface area contributed by atoms with Gasteiger partial charge in [-0.2, -0.15) is 0 Å². The number of aliphatic hydroxyl groups is 1. The maximum absolute atomic E-state index is 10.3. The second-order valence-corrected chi connectivity index (χ2v) is 2.09. The van der Waals surface area contributed by atoms with Gasteiger partial charge in [-0.15, -0.1) is 0 Å². The highest BCUT2D eigenvalue weighted by Crippen LogP contribution is 1.96. The minimum atomic E-state index is -1.05. The van der Waals surface area contributed by atoms with E-state index in [1.807, 2.05) is 0 Å². The molecule has 1 atom stereocenters. The normalized spacial score (nSPS) is 12.6. The van der Waals surface area contributed by atoms with Crippen LogP contribution in [0.4, 0.5) is 4.79 Å². The Morgan fingerprint density at radius 1 is 1.73 bits per heavy atom. The lowest BCUT2D eigenvalue weighted by atomic mass is 10.6. The number of nitrogens with zero attached hydrogens (tertiary/aromatic N) is 1. The summed E-state index contributed by atoms with van der Waals surface area (Å²) in [5, 5.41) is 16.8. The van der Waals surface area contributed by atoms with E-state index in [4.69, 9.17) is 14.9 Å². The van der Waals surface area contributed by atoms with E-state index < -0.39 is 12.3 Å². The molecule has 5 nitrogen and oxygen atoms in total. The predicted molar refractivity (Wildman–Crippen MR) is 38.3 cm³/mol. The molecule has 0 saturated carbocycles. The molecule has 1 amide bonds. The van der Waals surface area contributed by atoms with Gasteiger partial charge in [-0.25, -0.2) is 4.79 Å². The number of rotatable bonds is 4. The summed E-state index contributed by atoms with van der Waals surface area (Å²) in [6.45, 7) is 1.65. The van der Waals surface area contributed by atoms with E-state index in [-0.39, 0.29) is 13.2 Å². The molecule has 0 spiro atoms. The summed E-state index contributed by atoms with van der Waals surface area (Å²) in [6, 6.07) is 0. The van der Waals surface area contributed by atoms with Crippen molar-refractivity contribution in [1.82, 2.24) is 4.90 Å². The number of hydrogen-bond acceptors (Lipinski definition) is 3. The van der Waals surface area contributed by atoms with Gasteiger partial charge in [0, 0.05) is 7.05 Å². The SMILES string of the molecule is CC(OCCO)N(C)C(=O)O. The van der Waals surface area contributed by atoms with Crippen molar-refractivity contribution in [2.75, 3.05) is 20.3 Å². The predicted octanol–water partition coefficient (Wildman–Crippen LogP) is -0.0489. The Balaban J connectivity index is 3.63. The van der Waals surface area contributed by atoms with E-state index in [1.165, 1.54) is 7.05 Å². The third-order valence-corrected chi connectivity index (χ3v) is 1.30. The molecule has 0 aliphatic rings. The fourth-order valence-electron chi connectivity index (χ4n) is 0.491. The zero-order valence-corrected chi connectivity index (χ0v) is 6.65. The minimum absolute atomic E-state index is 0.0994. The number of aliphatic hydroxyl groups excluding tert-OH is 1. The summed E-state index contributed by atoms with van der Waals surface area (Å²) < 4.78 is 4.91.